The maximum Gasteiger partial charge on any atom is 0.405 e. The zero-order valence-corrected chi connectivity index (χ0v) is 22.3. The number of nitriles is 2. The molecule has 2 fully saturated rings. The highest BCUT2D eigenvalue weighted by molar-refractivity contribution is 8.00. The molecule has 0 aliphatic carbocycles. The van der Waals surface area contributed by atoms with Gasteiger partial charge in [-0.1, -0.05) is 49.0 Å². The van der Waals surface area contributed by atoms with Crippen LogP contribution in [0.1, 0.15) is 53.7 Å². The van der Waals surface area contributed by atoms with Crippen molar-refractivity contribution >= 4 is 35.5 Å². The van der Waals surface area contributed by atoms with Crippen molar-refractivity contribution < 1.29 is 19.1 Å². The Morgan fingerprint density at radius 3 is 2.33 bits per heavy atom. The summed E-state index contributed by atoms with van der Waals surface area (Å²) >= 11 is 1.11. The van der Waals surface area contributed by atoms with Gasteiger partial charge < -0.3 is 26.0 Å². The first-order valence-corrected chi connectivity index (χ1v) is 13.6. The van der Waals surface area contributed by atoms with Crippen LogP contribution in [-0.2, 0) is 20.7 Å². The molecule has 1 aromatic heterocycles. The van der Waals surface area contributed by atoms with E-state index in [9.17, 15) is 24.9 Å². The Balaban J connectivity index is 1.61. The fourth-order valence-electron chi connectivity index (χ4n) is 5.20. The van der Waals surface area contributed by atoms with Crippen molar-refractivity contribution in [1.82, 2.24) is 9.88 Å². The van der Waals surface area contributed by atoms with E-state index < -0.39 is 23.4 Å². The molecule has 2 aliphatic heterocycles. The summed E-state index contributed by atoms with van der Waals surface area (Å²) in [7, 11) is 0. The van der Waals surface area contributed by atoms with Crippen LogP contribution in [0.5, 0.6) is 0 Å². The van der Waals surface area contributed by atoms with E-state index in [0.29, 0.717) is 72.9 Å². The minimum absolute atomic E-state index is 0.0454. The van der Waals surface area contributed by atoms with Gasteiger partial charge in [0.1, 0.15) is 28.2 Å². The van der Waals surface area contributed by atoms with Crippen molar-refractivity contribution in [2.45, 2.75) is 55.0 Å². The number of amides is 3. The van der Waals surface area contributed by atoms with Gasteiger partial charge in [-0.05, 0) is 30.4 Å². The highest BCUT2D eigenvalue weighted by atomic mass is 32.2. The third kappa shape index (κ3) is 5.76. The highest BCUT2D eigenvalue weighted by Crippen LogP contribution is 2.40. The van der Waals surface area contributed by atoms with Gasteiger partial charge in [0.15, 0.2) is 6.10 Å². The van der Waals surface area contributed by atoms with Crippen LogP contribution >= 0.6 is 11.8 Å². The van der Waals surface area contributed by atoms with E-state index in [4.69, 9.17) is 21.2 Å². The van der Waals surface area contributed by atoms with Gasteiger partial charge in [0.05, 0.1) is 11.1 Å². The van der Waals surface area contributed by atoms with Gasteiger partial charge in [-0.2, -0.15) is 10.5 Å². The summed E-state index contributed by atoms with van der Waals surface area (Å²) < 4.78 is 4.94. The standard InChI is InChI=1S/C27H29N7O4S/c1-2-18-19(14-28)24(32-25(20(18)15-29)39-22(23(30)35)16-6-4-3-5-7-16)33-11-8-17(9-12-33)34-13-10-21(26(34)36)38-27(31)37/h3-7,17,21-22H,2,8-13H2,1H3,(H2,30,35)(H2,31,37). The predicted octanol–water partition coefficient (Wildman–Crippen LogP) is 2.37. The van der Waals surface area contributed by atoms with E-state index in [2.05, 4.69) is 12.1 Å². The number of rotatable bonds is 8. The lowest BCUT2D eigenvalue weighted by atomic mass is 9.99. The lowest BCUT2D eigenvalue weighted by molar-refractivity contribution is -0.136. The number of anilines is 1. The van der Waals surface area contributed by atoms with Gasteiger partial charge in [-0.25, -0.2) is 9.78 Å². The SMILES string of the molecule is CCc1c(C#N)c(SC(C(N)=O)c2ccccc2)nc(N2CCC(N3CCC(OC(N)=O)C3=O)CC2)c1C#N. The van der Waals surface area contributed by atoms with Crippen LogP contribution in [0.4, 0.5) is 10.6 Å². The number of likely N-dealkylation sites (tertiary alicyclic amines) is 1. The number of hydrogen-bond donors (Lipinski definition) is 2. The Morgan fingerprint density at radius 1 is 1.10 bits per heavy atom. The van der Waals surface area contributed by atoms with Gasteiger partial charge in [0, 0.05) is 32.1 Å². The summed E-state index contributed by atoms with van der Waals surface area (Å²) in [4.78, 5) is 44.7. The summed E-state index contributed by atoms with van der Waals surface area (Å²) in [5.74, 6) is -0.351. The minimum atomic E-state index is -0.966. The zero-order valence-electron chi connectivity index (χ0n) is 21.5. The van der Waals surface area contributed by atoms with Crippen LogP contribution in [0.25, 0.3) is 0 Å². The number of nitrogens with zero attached hydrogens (tertiary/aromatic N) is 5. The second kappa shape index (κ2) is 12.0. The fourth-order valence-corrected chi connectivity index (χ4v) is 6.26. The topological polar surface area (TPSA) is 179 Å². The number of piperidine rings is 1. The van der Waals surface area contributed by atoms with Crippen LogP contribution in [0, 0.1) is 22.7 Å². The summed E-state index contributed by atoms with van der Waals surface area (Å²) in [5.41, 5.74) is 12.7. The molecule has 4 N–H and O–H groups in total. The van der Waals surface area contributed by atoms with Gasteiger partial charge in [-0.15, -0.1) is 0 Å². The predicted molar refractivity (Wildman–Crippen MR) is 143 cm³/mol. The van der Waals surface area contributed by atoms with Crippen molar-refractivity contribution in [1.29, 1.82) is 10.5 Å². The van der Waals surface area contributed by atoms with Gasteiger partial charge in [0.2, 0.25) is 5.91 Å². The van der Waals surface area contributed by atoms with E-state index in [1.54, 1.807) is 17.0 Å². The average molecular weight is 548 g/mol. The van der Waals surface area contributed by atoms with Crippen LogP contribution in [0.15, 0.2) is 35.4 Å². The molecule has 3 heterocycles. The summed E-state index contributed by atoms with van der Waals surface area (Å²) in [5, 5.41) is 19.7. The molecule has 12 heteroatoms. The maximum absolute atomic E-state index is 12.7. The van der Waals surface area contributed by atoms with Crippen molar-refractivity contribution in [2.24, 2.45) is 11.5 Å². The first-order valence-electron chi connectivity index (χ1n) is 12.7. The number of pyridine rings is 1. The molecule has 2 saturated heterocycles. The summed E-state index contributed by atoms with van der Waals surface area (Å²) in [6.07, 6.45) is 0.272. The molecule has 3 amide bonds. The number of thioether (sulfide) groups is 1. The lowest BCUT2D eigenvalue weighted by Crippen LogP contribution is -2.47. The number of primary amides is 2. The number of nitrogens with two attached hydrogens (primary N) is 2. The van der Waals surface area contributed by atoms with Crippen molar-refractivity contribution in [3.05, 3.63) is 52.6 Å². The average Bonchev–Trinajstić information content (AvgIpc) is 3.29. The minimum Gasteiger partial charge on any atom is -0.436 e. The number of carbonyl (C=O) groups is 3. The second-order valence-corrected chi connectivity index (χ2v) is 10.4. The molecular weight excluding hydrogens is 518 g/mol. The summed E-state index contributed by atoms with van der Waals surface area (Å²) in [6.45, 7) is 3.39. The Labute approximate surface area is 230 Å². The van der Waals surface area contributed by atoms with E-state index in [1.165, 1.54) is 0 Å². The molecule has 202 valence electrons. The first kappa shape index (κ1) is 27.7. The van der Waals surface area contributed by atoms with Crippen molar-refractivity contribution in [2.75, 3.05) is 24.5 Å². The monoisotopic (exact) mass is 547 g/mol. The molecule has 0 bridgehead atoms. The summed E-state index contributed by atoms with van der Waals surface area (Å²) in [6, 6.07) is 13.4. The van der Waals surface area contributed by atoms with Gasteiger partial charge in [0.25, 0.3) is 5.91 Å². The van der Waals surface area contributed by atoms with Crippen molar-refractivity contribution in [3.63, 3.8) is 0 Å². The van der Waals surface area contributed by atoms with Crippen LogP contribution in [-0.4, -0.2) is 59.6 Å². The van der Waals surface area contributed by atoms with Crippen LogP contribution < -0.4 is 16.4 Å². The number of ether oxygens (including phenoxy) is 1. The first-order chi connectivity index (χ1) is 18.8. The molecule has 2 aliphatic rings. The normalized spacial score (nSPS) is 18.3. The third-order valence-electron chi connectivity index (χ3n) is 7.07. The maximum atomic E-state index is 12.7. The second-order valence-electron chi connectivity index (χ2n) is 9.32. The lowest BCUT2D eigenvalue weighted by Gasteiger charge is -2.38. The smallest absolute Gasteiger partial charge is 0.405 e. The van der Waals surface area contributed by atoms with Crippen LogP contribution in [0.2, 0.25) is 0 Å². The van der Waals surface area contributed by atoms with Gasteiger partial charge in [-0.3, -0.25) is 9.59 Å². The molecule has 11 nitrogen and oxygen atoms in total. The molecule has 2 atom stereocenters. The van der Waals surface area contributed by atoms with E-state index in [-0.39, 0.29) is 17.5 Å². The molecule has 0 saturated carbocycles. The number of hydrogen-bond acceptors (Lipinski definition) is 9. The Bertz CT molecular complexity index is 1350. The zero-order chi connectivity index (χ0) is 28.1. The largest absolute Gasteiger partial charge is 0.436 e. The fraction of sp³-hybridized carbons (Fsp3) is 0.407. The molecule has 4 rings (SSSR count). The molecule has 0 radical (unpaired) electrons. The Kier molecular flexibility index (Phi) is 8.57. The molecule has 2 unspecified atom stereocenters. The quantitative estimate of drug-likeness (QED) is 0.469. The molecule has 39 heavy (non-hydrogen) atoms. The molecule has 2 aromatic rings. The van der Waals surface area contributed by atoms with Crippen LogP contribution in [0.3, 0.4) is 0 Å². The van der Waals surface area contributed by atoms with E-state index in [0.717, 1.165) is 11.8 Å². The Hall–Kier alpha value is -4.29. The molecular formula is C27H29N7O4S. The number of benzene rings is 1. The number of carbonyl (C=O) groups excluding carboxylic acids is 3. The highest BCUT2D eigenvalue weighted by Gasteiger charge is 2.39. The number of aromatic nitrogens is 1. The Morgan fingerprint density at radius 2 is 1.77 bits per heavy atom. The van der Waals surface area contributed by atoms with E-state index in [1.807, 2.05) is 30.0 Å². The molecule has 0 spiro atoms. The van der Waals surface area contributed by atoms with E-state index >= 15 is 0 Å². The molecule has 1 aromatic carbocycles. The van der Waals surface area contributed by atoms with Crippen molar-refractivity contribution in [3.8, 4) is 12.1 Å². The third-order valence-corrected chi connectivity index (χ3v) is 8.33. The van der Waals surface area contributed by atoms with Gasteiger partial charge >= 0.3 is 6.09 Å².